The van der Waals surface area contributed by atoms with Crippen LogP contribution < -0.4 is 0 Å². The quantitative estimate of drug-likeness (QED) is 0.422. The fourth-order valence-corrected chi connectivity index (χ4v) is 0.845. The standard InChI is InChI=1S/C8H6.C4H6O3/c1-2-8-6-4-3-5-7-8;5-3-6-1-4-2-7-4/h1,3-7H;3-4H,1-2H2. The first kappa shape index (κ1) is 11.3. The summed E-state index contributed by atoms with van der Waals surface area (Å²) in [5.74, 6) is 2.53. The molecule has 1 aromatic rings. The number of ether oxygens (including phenoxy) is 2. The SMILES string of the molecule is C#Cc1ccccc1.O=COCC1CO1. The second-order valence-corrected chi connectivity index (χ2v) is 2.90. The Morgan fingerprint density at radius 2 is 2.20 bits per heavy atom. The van der Waals surface area contributed by atoms with Crippen LogP contribution in [-0.2, 0) is 14.3 Å². The first-order chi connectivity index (χ1) is 7.36. The van der Waals surface area contributed by atoms with Crippen molar-refractivity contribution in [1.82, 2.24) is 0 Å². The van der Waals surface area contributed by atoms with Gasteiger partial charge in [-0.05, 0) is 12.1 Å². The molecule has 2 rings (SSSR count). The lowest BCUT2D eigenvalue weighted by atomic mass is 10.2. The summed E-state index contributed by atoms with van der Waals surface area (Å²) in [7, 11) is 0. The molecule has 0 saturated carbocycles. The average Bonchev–Trinajstić information content (AvgIpc) is 3.12. The third-order valence-corrected chi connectivity index (χ3v) is 1.69. The van der Waals surface area contributed by atoms with Gasteiger partial charge in [0.2, 0.25) is 0 Å². The van der Waals surface area contributed by atoms with Gasteiger partial charge in [-0.15, -0.1) is 6.42 Å². The number of hydrogen-bond acceptors (Lipinski definition) is 3. The monoisotopic (exact) mass is 204 g/mol. The summed E-state index contributed by atoms with van der Waals surface area (Å²) in [6.07, 6.45) is 5.30. The van der Waals surface area contributed by atoms with E-state index < -0.39 is 0 Å². The zero-order chi connectivity index (χ0) is 10.9. The molecule has 1 aliphatic rings. The van der Waals surface area contributed by atoms with E-state index in [0.29, 0.717) is 13.1 Å². The van der Waals surface area contributed by atoms with Crippen molar-refractivity contribution in [3.05, 3.63) is 35.9 Å². The molecule has 1 aromatic carbocycles. The molecule has 0 aliphatic carbocycles. The van der Waals surface area contributed by atoms with Gasteiger partial charge in [-0.25, -0.2) is 0 Å². The summed E-state index contributed by atoms with van der Waals surface area (Å²) >= 11 is 0. The van der Waals surface area contributed by atoms with Gasteiger partial charge >= 0.3 is 0 Å². The van der Waals surface area contributed by atoms with E-state index in [1.807, 2.05) is 30.3 Å². The highest BCUT2D eigenvalue weighted by Gasteiger charge is 2.22. The van der Waals surface area contributed by atoms with Gasteiger partial charge in [0, 0.05) is 5.56 Å². The van der Waals surface area contributed by atoms with Gasteiger partial charge in [0.1, 0.15) is 12.7 Å². The molecule has 3 heteroatoms. The molecule has 1 saturated heterocycles. The molecule has 1 atom stereocenters. The normalized spacial score (nSPS) is 16.6. The Hall–Kier alpha value is -1.79. The largest absolute Gasteiger partial charge is 0.465 e. The molecular formula is C12H12O3. The van der Waals surface area contributed by atoms with Gasteiger partial charge in [0.15, 0.2) is 0 Å². The summed E-state index contributed by atoms with van der Waals surface area (Å²) in [5, 5.41) is 0. The van der Waals surface area contributed by atoms with E-state index in [2.05, 4.69) is 10.7 Å². The fraction of sp³-hybridized carbons (Fsp3) is 0.250. The molecule has 1 fully saturated rings. The Balaban J connectivity index is 0.000000151. The molecule has 1 unspecified atom stereocenters. The van der Waals surface area contributed by atoms with Gasteiger partial charge in [-0.1, -0.05) is 24.1 Å². The highest BCUT2D eigenvalue weighted by atomic mass is 16.6. The van der Waals surface area contributed by atoms with Gasteiger partial charge in [-0.2, -0.15) is 0 Å². The lowest BCUT2D eigenvalue weighted by Crippen LogP contribution is -1.97. The van der Waals surface area contributed by atoms with Crippen molar-refractivity contribution in [3.8, 4) is 12.3 Å². The maximum Gasteiger partial charge on any atom is 0.293 e. The Labute approximate surface area is 89.0 Å². The number of carbonyl (C=O) groups excluding carboxylic acids is 1. The third-order valence-electron chi connectivity index (χ3n) is 1.69. The van der Waals surface area contributed by atoms with Gasteiger partial charge < -0.3 is 9.47 Å². The van der Waals surface area contributed by atoms with Crippen LogP contribution in [0.5, 0.6) is 0 Å². The number of benzene rings is 1. The van der Waals surface area contributed by atoms with Crippen molar-refractivity contribution in [1.29, 1.82) is 0 Å². The lowest BCUT2D eigenvalue weighted by Gasteiger charge is -1.86. The van der Waals surface area contributed by atoms with Crippen molar-refractivity contribution in [3.63, 3.8) is 0 Å². The van der Waals surface area contributed by atoms with Gasteiger partial charge in [0.25, 0.3) is 6.47 Å². The molecule has 0 bridgehead atoms. The number of carbonyl (C=O) groups is 1. The van der Waals surface area contributed by atoms with Crippen LogP contribution in [-0.4, -0.2) is 25.8 Å². The van der Waals surface area contributed by atoms with Crippen LogP contribution in [0.1, 0.15) is 5.56 Å². The summed E-state index contributed by atoms with van der Waals surface area (Å²) in [4.78, 5) is 9.46. The van der Waals surface area contributed by atoms with Crippen molar-refractivity contribution >= 4 is 6.47 Å². The van der Waals surface area contributed by atoms with Crippen molar-refractivity contribution in [2.24, 2.45) is 0 Å². The Morgan fingerprint density at radius 1 is 1.53 bits per heavy atom. The van der Waals surface area contributed by atoms with Crippen LogP contribution >= 0.6 is 0 Å². The minimum atomic E-state index is 0.199. The number of terminal acetylenes is 1. The molecule has 0 radical (unpaired) electrons. The first-order valence-electron chi connectivity index (χ1n) is 4.55. The number of rotatable bonds is 3. The Morgan fingerprint density at radius 3 is 2.60 bits per heavy atom. The molecule has 0 N–H and O–H groups in total. The smallest absolute Gasteiger partial charge is 0.293 e. The topological polar surface area (TPSA) is 38.8 Å². The van der Waals surface area contributed by atoms with E-state index in [1.165, 1.54) is 0 Å². The minimum absolute atomic E-state index is 0.199. The number of epoxide rings is 1. The van der Waals surface area contributed by atoms with E-state index >= 15 is 0 Å². The molecule has 0 aromatic heterocycles. The average molecular weight is 204 g/mol. The van der Waals surface area contributed by atoms with E-state index in [4.69, 9.17) is 11.2 Å². The first-order valence-corrected chi connectivity index (χ1v) is 4.55. The third kappa shape index (κ3) is 5.50. The molecule has 0 spiro atoms. The molecule has 1 heterocycles. The Kier molecular flexibility index (Phi) is 4.99. The zero-order valence-corrected chi connectivity index (χ0v) is 8.26. The van der Waals surface area contributed by atoms with Crippen LogP contribution in [0.3, 0.4) is 0 Å². The zero-order valence-electron chi connectivity index (χ0n) is 8.26. The Bertz CT molecular complexity index is 322. The molecule has 78 valence electrons. The molecule has 15 heavy (non-hydrogen) atoms. The molecule has 1 aliphatic heterocycles. The second kappa shape index (κ2) is 6.63. The van der Waals surface area contributed by atoms with Crippen molar-refractivity contribution < 1.29 is 14.3 Å². The molecular weight excluding hydrogens is 192 g/mol. The molecule has 0 amide bonds. The highest BCUT2D eigenvalue weighted by molar-refractivity contribution is 5.37. The predicted octanol–water partition coefficient (Wildman–Crippen LogP) is 1.23. The van der Waals surface area contributed by atoms with Crippen LogP contribution in [0.25, 0.3) is 0 Å². The summed E-state index contributed by atoms with van der Waals surface area (Å²) < 4.78 is 9.08. The lowest BCUT2D eigenvalue weighted by molar-refractivity contribution is -0.129. The maximum absolute atomic E-state index is 9.46. The predicted molar refractivity (Wildman–Crippen MR) is 56.1 cm³/mol. The van der Waals surface area contributed by atoms with Crippen LogP contribution in [0.15, 0.2) is 30.3 Å². The van der Waals surface area contributed by atoms with E-state index in [9.17, 15) is 4.79 Å². The van der Waals surface area contributed by atoms with E-state index in [-0.39, 0.29) is 6.10 Å². The van der Waals surface area contributed by atoms with Gasteiger partial charge in [-0.3, -0.25) is 4.79 Å². The van der Waals surface area contributed by atoms with Crippen LogP contribution in [0, 0.1) is 12.3 Å². The summed E-state index contributed by atoms with van der Waals surface area (Å²) in [6.45, 7) is 1.60. The fourth-order valence-electron chi connectivity index (χ4n) is 0.845. The maximum atomic E-state index is 9.46. The van der Waals surface area contributed by atoms with E-state index in [1.54, 1.807) is 0 Å². The van der Waals surface area contributed by atoms with Crippen molar-refractivity contribution in [2.75, 3.05) is 13.2 Å². The van der Waals surface area contributed by atoms with Crippen LogP contribution in [0.2, 0.25) is 0 Å². The second-order valence-electron chi connectivity index (χ2n) is 2.90. The van der Waals surface area contributed by atoms with Gasteiger partial charge in [0.05, 0.1) is 6.61 Å². The highest BCUT2D eigenvalue weighted by Crippen LogP contribution is 2.07. The summed E-state index contributed by atoms with van der Waals surface area (Å²) in [5.41, 5.74) is 0.938. The molecule has 3 nitrogen and oxygen atoms in total. The van der Waals surface area contributed by atoms with Crippen molar-refractivity contribution in [2.45, 2.75) is 6.10 Å². The minimum Gasteiger partial charge on any atom is -0.465 e. The summed E-state index contributed by atoms with van der Waals surface area (Å²) in [6, 6.07) is 9.60. The number of hydrogen-bond donors (Lipinski definition) is 0. The van der Waals surface area contributed by atoms with Crippen LogP contribution in [0.4, 0.5) is 0 Å². The van der Waals surface area contributed by atoms with E-state index in [0.717, 1.165) is 12.2 Å².